The maximum atomic E-state index is 12.3. The Morgan fingerprint density at radius 1 is 1.26 bits per heavy atom. The van der Waals surface area contributed by atoms with Crippen molar-refractivity contribution in [2.45, 2.75) is 39.4 Å². The van der Waals surface area contributed by atoms with Gasteiger partial charge in [-0.15, -0.1) is 0 Å². The summed E-state index contributed by atoms with van der Waals surface area (Å²) < 4.78 is 15.3. The molecule has 10 nitrogen and oxygen atoms in total. The number of esters is 3. The molecule has 31 heavy (non-hydrogen) atoms. The van der Waals surface area contributed by atoms with Gasteiger partial charge in [0.2, 0.25) is 0 Å². The molecule has 0 unspecified atom stereocenters. The highest BCUT2D eigenvalue weighted by Crippen LogP contribution is 2.33. The van der Waals surface area contributed by atoms with Crippen molar-refractivity contribution in [1.29, 1.82) is 0 Å². The zero-order valence-electron chi connectivity index (χ0n) is 17.6. The average Bonchev–Trinajstić information content (AvgIpc) is 2.70. The van der Waals surface area contributed by atoms with E-state index in [9.17, 15) is 24.5 Å². The zero-order chi connectivity index (χ0) is 22.8. The number of carbonyl (C=O) groups excluding carboxylic acids is 3. The summed E-state index contributed by atoms with van der Waals surface area (Å²) in [6, 6.07) is 4.22. The van der Waals surface area contributed by atoms with Crippen molar-refractivity contribution in [3.63, 3.8) is 0 Å². The number of piperidine rings is 1. The van der Waals surface area contributed by atoms with Gasteiger partial charge in [-0.1, -0.05) is 0 Å². The first-order valence-corrected chi connectivity index (χ1v) is 9.99. The van der Waals surface area contributed by atoms with Gasteiger partial charge in [-0.25, -0.2) is 9.59 Å². The minimum Gasteiger partial charge on any atom is -0.466 e. The van der Waals surface area contributed by atoms with Gasteiger partial charge >= 0.3 is 17.9 Å². The van der Waals surface area contributed by atoms with Crippen molar-refractivity contribution in [2.24, 2.45) is 5.92 Å². The van der Waals surface area contributed by atoms with Gasteiger partial charge in [0.1, 0.15) is 5.57 Å². The molecule has 0 atom stereocenters. The first kappa shape index (κ1) is 22.3. The fourth-order valence-electron chi connectivity index (χ4n) is 3.61. The number of rotatable bonds is 5. The molecule has 2 aliphatic rings. The summed E-state index contributed by atoms with van der Waals surface area (Å²) in [6.45, 7) is 5.98. The molecule has 10 heteroatoms. The minimum atomic E-state index is -1.38. The van der Waals surface area contributed by atoms with Gasteiger partial charge in [-0.2, -0.15) is 0 Å². The average molecular weight is 432 g/mol. The Hall–Kier alpha value is -3.43. The Morgan fingerprint density at radius 2 is 1.87 bits per heavy atom. The molecule has 2 heterocycles. The molecule has 2 aliphatic heterocycles. The number of nitrogens with zero attached hydrogens (tertiary/aromatic N) is 2. The zero-order valence-corrected chi connectivity index (χ0v) is 17.6. The third-order valence-electron chi connectivity index (χ3n) is 5.09. The SMILES string of the molecule is CCOC(=O)C1CCN(c2ccc([N+](=O)[O-])cc2C=C2C(=O)OC(C)(C)OC2=O)CC1. The van der Waals surface area contributed by atoms with E-state index in [1.165, 1.54) is 32.1 Å². The molecule has 0 amide bonds. The second-order valence-electron chi connectivity index (χ2n) is 7.75. The lowest BCUT2D eigenvalue weighted by Gasteiger charge is -2.33. The first-order chi connectivity index (χ1) is 14.6. The molecule has 0 radical (unpaired) electrons. The first-order valence-electron chi connectivity index (χ1n) is 9.99. The van der Waals surface area contributed by atoms with Crippen molar-refractivity contribution in [3.05, 3.63) is 39.4 Å². The van der Waals surface area contributed by atoms with E-state index in [0.717, 1.165) is 0 Å². The Labute approximate surface area is 178 Å². The molecule has 0 N–H and O–H groups in total. The van der Waals surface area contributed by atoms with Gasteiger partial charge in [0.25, 0.3) is 11.5 Å². The highest BCUT2D eigenvalue weighted by molar-refractivity contribution is 6.19. The van der Waals surface area contributed by atoms with E-state index >= 15 is 0 Å². The second kappa shape index (κ2) is 8.75. The predicted octanol–water partition coefficient (Wildman–Crippen LogP) is 2.59. The fraction of sp³-hybridized carbons (Fsp3) is 0.476. The topological polar surface area (TPSA) is 125 Å². The number of non-ortho nitro benzene ring substituents is 1. The largest absolute Gasteiger partial charge is 0.466 e. The molecule has 0 bridgehead atoms. The molecule has 1 aromatic carbocycles. The third kappa shape index (κ3) is 5.01. The molecule has 1 aromatic rings. The lowest BCUT2D eigenvalue weighted by atomic mass is 9.95. The van der Waals surface area contributed by atoms with E-state index in [1.54, 1.807) is 13.0 Å². The van der Waals surface area contributed by atoms with Crippen LogP contribution >= 0.6 is 0 Å². The number of nitro benzene ring substituents is 1. The number of carbonyl (C=O) groups is 3. The van der Waals surface area contributed by atoms with Gasteiger partial charge in [0, 0.05) is 50.3 Å². The molecular weight excluding hydrogens is 408 g/mol. The maximum Gasteiger partial charge on any atom is 0.348 e. The molecule has 0 aliphatic carbocycles. The van der Waals surface area contributed by atoms with Crippen LogP contribution in [0.15, 0.2) is 23.8 Å². The van der Waals surface area contributed by atoms with Crippen molar-refractivity contribution in [2.75, 3.05) is 24.6 Å². The van der Waals surface area contributed by atoms with Crippen molar-refractivity contribution in [3.8, 4) is 0 Å². The normalized spacial score (nSPS) is 18.8. The van der Waals surface area contributed by atoms with E-state index in [2.05, 4.69) is 0 Å². The number of benzene rings is 1. The van der Waals surface area contributed by atoms with Gasteiger partial charge in [-0.05, 0) is 31.9 Å². The minimum absolute atomic E-state index is 0.185. The van der Waals surface area contributed by atoms with Crippen LogP contribution in [-0.4, -0.2) is 48.3 Å². The summed E-state index contributed by atoms with van der Waals surface area (Å²) in [4.78, 5) is 49.3. The van der Waals surface area contributed by atoms with E-state index < -0.39 is 22.6 Å². The van der Waals surface area contributed by atoms with Crippen molar-refractivity contribution in [1.82, 2.24) is 0 Å². The third-order valence-corrected chi connectivity index (χ3v) is 5.09. The Morgan fingerprint density at radius 3 is 2.42 bits per heavy atom. The summed E-state index contributed by atoms with van der Waals surface area (Å²) in [5.74, 6) is -3.55. The Balaban J connectivity index is 1.91. The molecule has 0 aromatic heterocycles. The molecule has 2 saturated heterocycles. The molecule has 0 spiro atoms. The van der Waals surface area contributed by atoms with Gasteiger partial charge in [0.05, 0.1) is 17.4 Å². The van der Waals surface area contributed by atoms with Crippen LogP contribution in [0.4, 0.5) is 11.4 Å². The predicted molar refractivity (Wildman–Crippen MR) is 109 cm³/mol. The van der Waals surface area contributed by atoms with Crippen molar-refractivity contribution < 1.29 is 33.5 Å². The second-order valence-corrected chi connectivity index (χ2v) is 7.75. The van der Waals surface area contributed by atoms with Crippen LogP contribution < -0.4 is 4.90 Å². The van der Waals surface area contributed by atoms with Crippen LogP contribution in [-0.2, 0) is 28.6 Å². The van der Waals surface area contributed by atoms with Crippen LogP contribution in [0, 0.1) is 16.0 Å². The van der Waals surface area contributed by atoms with E-state index in [0.29, 0.717) is 43.8 Å². The van der Waals surface area contributed by atoms with Crippen LogP contribution in [0.5, 0.6) is 0 Å². The van der Waals surface area contributed by atoms with Crippen LogP contribution in [0.3, 0.4) is 0 Å². The quantitative estimate of drug-likeness (QED) is 0.227. The number of nitro groups is 1. The Bertz CT molecular complexity index is 923. The molecule has 0 saturated carbocycles. The maximum absolute atomic E-state index is 12.3. The molecule has 2 fully saturated rings. The van der Waals surface area contributed by atoms with Crippen LogP contribution in [0.2, 0.25) is 0 Å². The monoisotopic (exact) mass is 432 g/mol. The summed E-state index contributed by atoms with van der Waals surface area (Å²) in [6.07, 6.45) is 2.37. The highest BCUT2D eigenvalue weighted by atomic mass is 16.7. The number of cyclic esters (lactones) is 2. The molecular formula is C21H24N2O8. The molecule has 3 rings (SSSR count). The lowest BCUT2D eigenvalue weighted by molar-refractivity contribution is -0.384. The van der Waals surface area contributed by atoms with Gasteiger partial charge < -0.3 is 19.1 Å². The van der Waals surface area contributed by atoms with E-state index in [1.807, 2.05) is 4.90 Å². The number of hydrogen-bond acceptors (Lipinski definition) is 9. The Kier molecular flexibility index (Phi) is 6.28. The lowest BCUT2D eigenvalue weighted by Crippen LogP contribution is -2.41. The summed E-state index contributed by atoms with van der Waals surface area (Å²) in [7, 11) is 0. The number of hydrogen-bond donors (Lipinski definition) is 0. The van der Waals surface area contributed by atoms with Gasteiger partial charge in [0.15, 0.2) is 0 Å². The van der Waals surface area contributed by atoms with E-state index in [-0.39, 0.29) is 23.1 Å². The van der Waals surface area contributed by atoms with Crippen LogP contribution in [0.25, 0.3) is 6.08 Å². The van der Waals surface area contributed by atoms with Crippen LogP contribution in [0.1, 0.15) is 39.2 Å². The summed E-state index contributed by atoms with van der Waals surface area (Å²) in [5, 5.41) is 11.3. The fourth-order valence-corrected chi connectivity index (χ4v) is 3.61. The number of ether oxygens (including phenoxy) is 3. The van der Waals surface area contributed by atoms with Gasteiger partial charge in [-0.3, -0.25) is 14.9 Å². The standard InChI is InChI=1S/C21H24N2O8/c1-4-29-18(24)13-7-9-22(10-8-13)17-6-5-15(23(27)28)11-14(17)12-16-19(25)30-21(2,3)31-20(16)26/h5-6,11-13H,4,7-10H2,1-3H3. The summed E-state index contributed by atoms with van der Waals surface area (Å²) in [5.41, 5.74) is 0.385. The van der Waals surface area contributed by atoms with E-state index in [4.69, 9.17) is 14.2 Å². The number of anilines is 1. The smallest absolute Gasteiger partial charge is 0.348 e. The highest BCUT2D eigenvalue weighted by Gasteiger charge is 2.39. The van der Waals surface area contributed by atoms with Crippen molar-refractivity contribution >= 4 is 35.4 Å². The molecule has 166 valence electrons. The summed E-state index contributed by atoms with van der Waals surface area (Å²) >= 11 is 0.